The number of ether oxygens (including phenoxy) is 2. The average molecular weight is 473 g/mol. The Morgan fingerprint density at radius 1 is 1.15 bits per heavy atom. The summed E-state index contributed by atoms with van der Waals surface area (Å²) in [5.41, 5.74) is 4.32. The molecule has 170 valence electrons. The molecule has 2 aromatic heterocycles. The largest absolute Gasteiger partial charge is 0.497 e. The standard InChI is InChI=1S/C25H20N4O4S/c1-31-17-7-4-15(5-8-17)18-12-21(23-3-2-10-32-23)29(28-18)25-27-20(14-34-25)16-6-9-22-19(11-16)26-24(30)13-33-22/h2-11,14,21H,12-13H2,1H3,(H,26,30). The van der Waals surface area contributed by atoms with E-state index in [2.05, 4.69) is 5.32 Å². The van der Waals surface area contributed by atoms with Crippen molar-refractivity contribution in [3.63, 3.8) is 0 Å². The highest BCUT2D eigenvalue weighted by atomic mass is 32.1. The van der Waals surface area contributed by atoms with Gasteiger partial charge in [0, 0.05) is 17.4 Å². The second-order valence-corrected chi connectivity index (χ2v) is 8.75. The van der Waals surface area contributed by atoms with Gasteiger partial charge in [0.25, 0.3) is 5.91 Å². The van der Waals surface area contributed by atoms with Crippen LogP contribution in [0.3, 0.4) is 0 Å². The number of fused-ring (bicyclic) bond motifs is 1. The second kappa shape index (κ2) is 8.35. The fourth-order valence-corrected chi connectivity index (χ4v) is 4.92. The molecule has 0 radical (unpaired) electrons. The van der Waals surface area contributed by atoms with E-state index >= 15 is 0 Å². The SMILES string of the molecule is COc1ccc(C2=NN(c3nc(-c4ccc5c(c4)NC(=O)CO5)cs3)C(c3ccco3)C2)cc1. The number of aromatic nitrogens is 1. The van der Waals surface area contributed by atoms with Crippen molar-refractivity contribution >= 4 is 33.8 Å². The van der Waals surface area contributed by atoms with Gasteiger partial charge in [-0.15, -0.1) is 11.3 Å². The molecule has 0 fully saturated rings. The molecular weight excluding hydrogens is 452 g/mol. The lowest BCUT2D eigenvalue weighted by Gasteiger charge is -2.19. The van der Waals surface area contributed by atoms with Gasteiger partial charge in [-0.1, -0.05) is 0 Å². The summed E-state index contributed by atoms with van der Waals surface area (Å²) in [5.74, 6) is 2.13. The van der Waals surface area contributed by atoms with Gasteiger partial charge in [-0.25, -0.2) is 9.99 Å². The number of furan rings is 1. The molecule has 0 spiro atoms. The topological polar surface area (TPSA) is 89.2 Å². The number of amides is 1. The first-order valence-electron chi connectivity index (χ1n) is 10.7. The van der Waals surface area contributed by atoms with Gasteiger partial charge >= 0.3 is 0 Å². The molecule has 1 atom stereocenters. The van der Waals surface area contributed by atoms with Gasteiger partial charge in [0.1, 0.15) is 23.3 Å². The van der Waals surface area contributed by atoms with Crippen molar-refractivity contribution in [2.45, 2.75) is 12.5 Å². The number of benzene rings is 2. The fraction of sp³-hybridized carbons (Fsp3) is 0.160. The van der Waals surface area contributed by atoms with E-state index in [1.165, 1.54) is 11.3 Å². The van der Waals surface area contributed by atoms with E-state index in [9.17, 15) is 4.79 Å². The molecule has 0 saturated heterocycles. The van der Waals surface area contributed by atoms with E-state index in [1.807, 2.05) is 65.0 Å². The maximum absolute atomic E-state index is 11.7. The zero-order chi connectivity index (χ0) is 23.1. The number of anilines is 2. The molecule has 1 amide bonds. The number of carbonyl (C=O) groups excluding carboxylic acids is 1. The summed E-state index contributed by atoms with van der Waals surface area (Å²) < 4.78 is 16.5. The normalized spacial score (nSPS) is 17.1. The average Bonchev–Trinajstić information content (AvgIpc) is 3.64. The Morgan fingerprint density at radius 2 is 2.00 bits per heavy atom. The van der Waals surface area contributed by atoms with Crippen LogP contribution in [0.1, 0.15) is 23.8 Å². The molecule has 0 aliphatic carbocycles. The molecule has 2 aliphatic rings. The zero-order valence-electron chi connectivity index (χ0n) is 18.2. The van der Waals surface area contributed by atoms with Gasteiger partial charge in [0.05, 0.1) is 30.5 Å². The summed E-state index contributed by atoms with van der Waals surface area (Å²) in [6, 6.07) is 17.3. The molecule has 6 rings (SSSR count). The number of methoxy groups -OCH3 is 1. The van der Waals surface area contributed by atoms with Crippen molar-refractivity contribution in [1.29, 1.82) is 0 Å². The highest BCUT2D eigenvalue weighted by Crippen LogP contribution is 2.40. The minimum atomic E-state index is -0.164. The minimum Gasteiger partial charge on any atom is -0.497 e. The molecule has 2 aliphatic heterocycles. The van der Waals surface area contributed by atoms with Crippen LogP contribution in [0.5, 0.6) is 11.5 Å². The van der Waals surface area contributed by atoms with E-state index in [0.717, 1.165) is 39.2 Å². The first-order valence-corrected chi connectivity index (χ1v) is 11.6. The first-order chi connectivity index (χ1) is 16.7. The van der Waals surface area contributed by atoms with E-state index in [4.69, 9.17) is 24.0 Å². The Bertz CT molecular complexity index is 1380. The second-order valence-electron chi connectivity index (χ2n) is 7.92. The van der Waals surface area contributed by atoms with E-state index in [0.29, 0.717) is 17.9 Å². The third kappa shape index (κ3) is 3.69. The van der Waals surface area contributed by atoms with E-state index in [1.54, 1.807) is 13.4 Å². The third-order valence-electron chi connectivity index (χ3n) is 5.80. The number of nitrogens with zero attached hydrogens (tertiary/aromatic N) is 3. The van der Waals surface area contributed by atoms with Crippen molar-refractivity contribution < 1.29 is 18.7 Å². The van der Waals surface area contributed by atoms with Crippen molar-refractivity contribution in [1.82, 2.24) is 4.98 Å². The van der Waals surface area contributed by atoms with Gasteiger partial charge in [-0.05, 0) is 60.2 Å². The molecule has 2 aromatic carbocycles. The predicted octanol–water partition coefficient (Wildman–Crippen LogP) is 5.10. The Morgan fingerprint density at radius 3 is 2.79 bits per heavy atom. The lowest BCUT2D eigenvalue weighted by Crippen LogP contribution is -2.25. The number of hydrogen-bond acceptors (Lipinski definition) is 8. The van der Waals surface area contributed by atoms with Crippen molar-refractivity contribution in [2.75, 3.05) is 24.0 Å². The summed E-state index contributed by atoms with van der Waals surface area (Å²) in [5, 5.41) is 12.5. The number of hydrogen-bond donors (Lipinski definition) is 1. The molecule has 4 heterocycles. The third-order valence-corrected chi connectivity index (χ3v) is 6.63. The number of thiazole rings is 1. The van der Waals surface area contributed by atoms with Crippen molar-refractivity contribution in [3.8, 4) is 22.8 Å². The van der Waals surface area contributed by atoms with E-state index in [-0.39, 0.29) is 18.6 Å². The minimum absolute atomic E-state index is 0.0326. The van der Waals surface area contributed by atoms with Gasteiger partial charge < -0.3 is 19.2 Å². The highest BCUT2D eigenvalue weighted by Gasteiger charge is 2.33. The predicted molar refractivity (Wildman–Crippen MR) is 130 cm³/mol. The molecule has 1 N–H and O–H groups in total. The maximum Gasteiger partial charge on any atom is 0.262 e. The quantitative estimate of drug-likeness (QED) is 0.435. The molecule has 0 bridgehead atoms. The van der Waals surface area contributed by atoms with Crippen LogP contribution in [0.25, 0.3) is 11.3 Å². The zero-order valence-corrected chi connectivity index (χ0v) is 19.0. The molecular formula is C25H20N4O4S. The summed E-state index contributed by atoms with van der Waals surface area (Å²) >= 11 is 1.51. The molecule has 0 saturated carbocycles. The molecule has 4 aromatic rings. The molecule has 34 heavy (non-hydrogen) atoms. The Balaban J connectivity index is 1.33. The summed E-state index contributed by atoms with van der Waals surface area (Å²) in [7, 11) is 1.65. The molecule has 8 nitrogen and oxygen atoms in total. The van der Waals surface area contributed by atoms with Gasteiger partial charge in [-0.3, -0.25) is 4.79 Å². The van der Waals surface area contributed by atoms with Gasteiger partial charge in [0.15, 0.2) is 6.61 Å². The number of carbonyl (C=O) groups is 1. The summed E-state index contributed by atoms with van der Waals surface area (Å²) in [6.45, 7) is 0.0326. The monoisotopic (exact) mass is 472 g/mol. The Labute approximate surface area is 199 Å². The summed E-state index contributed by atoms with van der Waals surface area (Å²) in [4.78, 5) is 16.6. The summed E-state index contributed by atoms with van der Waals surface area (Å²) in [6.07, 6.45) is 2.37. The van der Waals surface area contributed by atoms with Crippen LogP contribution < -0.4 is 19.8 Å². The van der Waals surface area contributed by atoms with Gasteiger partial charge in [-0.2, -0.15) is 5.10 Å². The van der Waals surface area contributed by atoms with Crippen LogP contribution in [-0.2, 0) is 4.79 Å². The Hall–Kier alpha value is -4.11. The Kier molecular flexibility index (Phi) is 5.03. The van der Waals surface area contributed by atoms with Crippen molar-refractivity contribution in [3.05, 3.63) is 77.6 Å². The van der Waals surface area contributed by atoms with Crippen LogP contribution in [-0.4, -0.2) is 30.3 Å². The number of rotatable bonds is 5. The fourth-order valence-electron chi connectivity index (χ4n) is 4.09. The molecule has 9 heteroatoms. The van der Waals surface area contributed by atoms with Crippen LogP contribution in [0, 0.1) is 0 Å². The lowest BCUT2D eigenvalue weighted by atomic mass is 10.0. The lowest BCUT2D eigenvalue weighted by molar-refractivity contribution is -0.118. The first kappa shape index (κ1) is 20.5. The van der Waals surface area contributed by atoms with Crippen LogP contribution in [0.4, 0.5) is 10.8 Å². The smallest absolute Gasteiger partial charge is 0.262 e. The maximum atomic E-state index is 11.7. The highest BCUT2D eigenvalue weighted by molar-refractivity contribution is 7.14. The van der Waals surface area contributed by atoms with Gasteiger partial charge in [0.2, 0.25) is 5.13 Å². The van der Waals surface area contributed by atoms with Crippen molar-refractivity contribution in [2.24, 2.45) is 5.10 Å². The number of nitrogens with one attached hydrogen (secondary N) is 1. The van der Waals surface area contributed by atoms with Crippen LogP contribution in [0.2, 0.25) is 0 Å². The number of hydrazone groups is 1. The van der Waals surface area contributed by atoms with Crippen LogP contribution in [0.15, 0.2) is 75.8 Å². The molecule has 1 unspecified atom stereocenters. The van der Waals surface area contributed by atoms with Crippen LogP contribution >= 0.6 is 11.3 Å². The van der Waals surface area contributed by atoms with E-state index < -0.39 is 0 Å².